The number of carbonyl (C=O) groups is 1. The summed E-state index contributed by atoms with van der Waals surface area (Å²) >= 11 is 1.99. The van der Waals surface area contributed by atoms with E-state index >= 15 is 0 Å². The van der Waals surface area contributed by atoms with E-state index in [1.54, 1.807) is 0 Å². The molecule has 1 fully saturated rings. The van der Waals surface area contributed by atoms with Crippen LogP contribution in [0.25, 0.3) is 10.8 Å². The number of rotatable bonds is 4. The highest BCUT2D eigenvalue weighted by atomic mass is 32.2. The third-order valence-electron chi connectivity index (χ3n) is 4.38. The van der Waals surface area contributed by atoms with E-state index in [0.717, 1.165) is 31.4 Å². The number of hydrogen-bond acceptors (Lipinski definition) is 2. The molecule has 0 radical (unpaired) electrons. The molecule has 1 saturated carbocycles. The number of hydrogen-bond donors (Lipinski definition) is 1. The Morgan fingerprint density at radius 2 is 1.76 bits per heavy atom. The van der Waals surface area contributed by atoms with Crippen molar-refractivity contribution >= 4 is 28.5 Å². The first-order valence-corrected chi connectivity index (χ1v) is 8.60. The summed E-state index contributed by atoms with van der Waals surface area (Å²) in [5.41, 5.74) is 1.39. The minimum Gasteiger partial charge on any atom is -0.481 e. The molecule has 1 aliphatic rings. The van der Waals surface area contributed by atoms with Crippen molar-refractivity contribution in [2.45, 2.75) is 36.7 Å². The number of thioether (sulfide) groups is 1. The lowest BCUT2D eigenvalue weighted by atomic mass is 9.89. The summed E-state index contributed by atoms with van der Waals surface area (Å²) in [7, 11) is 0. The summed E-state index contributed by atoms with van der Waals surface area (Å²) in [5, 5.41) is 12.3. The second-order valence-electron chi connectivity index (χ2n) is 5.76. The van der Waals surface area contributed by atoms with Gasteiger partial charge in [-0.15, -0.1) is 0 Å². The Kier molecular flexibility index (Phi) is 4.49. The maximum Gasteiger partial charge on any atom is 0.306 e. The first-order valence-electron chi connectivity index (χ1n) is 7.55. The van der Waals surface area contributed by atoms with E-state index in [2.05, 4.69) is 42.5 Å². The number of fused-ring (bicyclic) bond motifs is 1. The highest BCUT2D eigenvalue weighted by Gasteiger charge is 2.25. The highest BCUT2D eigenvalue weighted by molar-refractivity contribution is 7.99. The molecule has 0 amide bonds. The summed E-state index contributed by atoms with van der Waals surface area (Å²) in [5.74, 6) is 0.288. The lowest BCUT2D eigenvalue weighted by Crippen LogP contribution is -2.22. The van der Waals surface area contributed by atoms with Crippen LogP contribution in [0.1, 0.15) is 31.2 Å². The van der Waals surface area contributed by atoms with Crippen LogP contribution in [-0.4, -0.2) is 16.3 Å². The topological polar surface area (TPSA) is 37.3 Å². The van der Waals surface area contributed by atoms with Crippen LogP contribution in [-0.2, 0) is 10.5 Å². The van der Waals surface area contributed by atoms with Crippen molar-refractivity contribution in [1.29, 1.82) is 0 Å². The normalized spacial score (nSPS) is 22.3. The molecule has 110 valence electrons. The van der Waals surface area contributed by atoms with Crippen LogP contribution in [0.3, 0.4) is 0 Å². The van der Waals surface area contributed by atoms with E-state index in [-0.39, 0.29) is 5.92 Å². The Labute approximate surface area is 129 Å². The zero-order valence-electron chi connectivity index (χ0n) is 12.0. The van der Waals surface area contributed by atoms with E-state index in [4.69, 9.17) is 5.11 Å². The summed E-state index contributed by atoms with van der Waals surface area (Å²) in [6.07, 6.45) is 3.74. The average molecular weight is 300 g/mol. The lowest BCUT2D eigenvalue weighted by molar-refractivity contribution is -0.142. The summed E-state index contributed by atoms with van der Waals surface area (Å²) in [4.78, 5) is 11.0. The van der Waals surface area contributed by atoms with Crippen LogP contribution in [0.15, 0.2) is 42.5 Å². The minimum absolute atomic E-state index is 0.112. The van der Waals surface area contributed by atoms with Gasteiger partial charge in [0, 0.05) is 11.0 Å². The maximum absolute atomic E-state index is 11.0. The minimum atomic E-state index is -0.618. The van der Waals surface area contributed by atoms with Gasteiger partial charge in [0.05, 0.1) is 5.92 Å². The van der Waals surface area contributed by atoms with Crippen LogP contribution in [0, 0.1) is 5.92 Å². The van der Waals surface area contributed by atoms with Crippen molar-refractivity contribution in [2.24, 2.45) is 5.92 Å². The third-order valence-corrected chi connectivity index (χ3v) is 5.80. The Morgan fingerprint density at radius 1 is 1.05 bits per heavy atom. The van der Waals surface area contributed by atoms with Crippen LogP contribution in [0.5, 0.6) is 0 Å². The van der Waals surface area contributed by atoms with Gasteiger partial charge in [-0.1, -0.05) is 42.5 Å². The molecule has 0 spiro atoms. The van der Waals surface area contributed by atoms with Gasteiger partial charge in [0.2, 0.25) is 0 Å². The largest absolute Gasteiger partial charge is 0.481 e. The van der Waals surface area contributed by atoms with Crippen molar-refractivity contribution < 1.29 is 9.90 Å². The monoisotopic (exact) mass is 300 g/mol. The molecular formula is C18H20O2S. The SMILES string of the molecule is O=C(O)C1CCC(SCc2cccc3ccccc23)CC1. The molecule has 2 aromatic rings. The fraction of sp³-hybridized carbons (Fsp3) is 0.389. The van der Waals surface area contributed by atoms with Crippen molar-refractivity contribution in [3.05, 3.63) is 48.0 Å². The fourth-order valence-corrected chi connectivity index (χ4v) is 4.37. The van der Waals surface area contributed by atoms with E-state index in [1.165, 1.54) is 16.3 Å². The van der Waals surface area contributed by atoms with Gasteiger partial charge in [-0.25, -0.2) is 0 Å². The molecule has 0 atom stereocenters. The Bertz CT molecular complexity index is 625. The quantitative estimate of drug-likeness (QED) is 0.888. The molecule has 3 rings (SSSR count). The molecule has 0 unspecified atom stereocenters. The zero-order chi connectivity index (χ0) is 14.7. The predicted octanol–water partition coefficient (Wildman–Crippen LogP) is 4.72. The van der Waals surface area contributed by atoms with Gasteiger partial charge in [-0.3, -0.25) is 4.79 Å². The van der Waals surface area contributed by atoms with Gasteiger partial charge >= 0.3 is 5.97 Å². The van der Waals surface area contributed by atoms with E-state index in [1.807, 2.05) is 11.8 Å². The Balaban J connectivity index is 1.61. The van der Waals surface area contributed by atoms with Crippen molar-refractivity contribution in [3.63, 3.8) is 0 Å². The number of carboxylic acids is 1. The molecule has 3 heteroatoms. The highest BCUT2D eigenvalue weighted by Crippen LogP contribution is 2.34. The molecule has 0 saturated heterocycles. The average Bonchev–Trinajstić information content (AvgIpc) is 2.53. The molecule has 2 aromatic carbocycles. The fourth-order valence-electron chi connectivity index (χ4n) is 3.10. The Hall–Kier alpha value is -1.48. The summed E-state index contributed by atoms with van der Waals surface area (Å²) in [6, 6.07) is 15.0. The van der Waals surface area contributed by atoms with E-state index in [0.29, 0.717) is 5.25 Å². The van der Waals surface area contributed by atoms with Gasteiger partial charge in [-0.2, -0.15) is 11.8 Å². The molecule has 1 aliphatic carbocycles. The van der Waals surface area contributed by atoms with Gasteiger partial charge in [0.25, 0.3) is 0 Å². The summed E-state index contributed by atoms with van der Waals surface area (Å²) < 4.78 is 0. The number of carboxylic acid groups (broad SMARTS) is 1. The molecule has 0 aliphatic heterocycles. The van der Waals surface area contributed by atoms with Crippen LogP contribution in [0.4, 0.5) is 0 Å². The molecule has 2 nitrogen and oxygen atoms in total. The van der Waals surface area contributed by atoms with Gasteiger partial charge in [0.15, 0.2) is 0 Å². The van der Waals surface area contributed by atoms with Gasteiger partial charge in [-0.05, 0) is 42.0 Å². The molecule has 1 N–H and O–H groups in total. The van der Waals surface area contributed by atoms with E-state index < -0.39 is 5.97 Å². The second-order valence-corrected chi connectivity index (χ2v) is 7.05. The van der Waals surface area contributed by atoms with Crippen LogP contribution < -0.4 is 0 Å². The van der Waals surface area contributed by atoms with Gasteiger partial charge < -0.3 is 5.11 Å². The third kappa shape index (κ3) is 3.41. The van der Waals surface area contributed by atoms with E-state index in [9.17, 15) is 4.79 Å². The first kappa shape index (κ1) is 14.5. The predicted molar refractivity (Wildman–Crippen MR) is 88.6 cm³/mol. The molecule has 0 bridgehead atoms. The van der Waals surface area contributed by atoms with Crippen LogP contribution >= 0.6 is 11.8 Å². The second kappa shape index (κ2) is 6.52. The lowest BCUT2D eigenvalue weighted by Gasteiger charge is -2.25. The number of benzene rings is 2. The maximum atomic E-state index is 11.0. The standard InChI is InChI=1S/C18H20O2S/c19-18(20)14-8-10-16(11-9-14)21-12-15-6-3-5-13-4-1-2-7-17(13)15/h1-7,14,16H,8-12H2,(H,19,20). The van der Waals surface area contributed by atoms with Crippen molar-refractivity contribution in [2.75, 3.05) is 0 Å². The van der Waals surface area contributed by atoms with Crippen molar-refractivity contribution in [3.8, 4) is 0 Å². The smallest absolute Gasteiger partial charge is 0.306 e. The molecular weight excluding hydrogens is 280 g/mol. The number of aliphatic carboxylic acids is 1. The Morgan fingerprint density at radius 3 is 2.52 bits per heavy atom. The zero-order valence-corrected chi connectivity index (χ0v) is 12.8. The van der Waals surface area contributed by atoms with Crippen molar-refractivity contribution in [1.82, 2.24) is 0 Å². The summed E-state index contributed by atoms with van der Waals surface area (Å²) in [6.45, 7) is 0. The van der Waals surface area contributed by atoms with Gasteiger partial charge in [0.1, 0.15) is 0 Å². The molecule has 21 heavy (non-hydrogen) atoms. The first-order chi connectivity index (χ1) is 10.2. The molecule has 0 heterocycles. The molecule has 0 aromatic heterocycles. The van der Waals surface area contributed by atoms with Crippen LogP contribution in [0.2, 0.25) is 0 Å².